The lowest BCUT2D eigenvalue weighted by Gasteiger charge is -2.49. The van der Waals surface area contributed by atoms with E-state index in [9.17, 15) is 8.42 Å². The van der Waals surface area contributed by atoms with Crippen LogP contribution in [0.3, 0.4) is 0 Å². The molecule has 0 radical (unpaired) electrons. The molecule has 2 aliphatic rings. The lowest BCUT2D eigenvalue weighted by atomic mass is 9.59. The fourth-order valence-electron chi connectivity index (χ4n) is 2.78. The lowest BCUT2D eigenvalue weighted by Crippen LogP contribution is -2.43. The van der Waals surface area contributed by atoms with Gasteiger partial charge in [-0.2, -0.15) is 0 Å². The molecule has 0 aromatic heterocycles. The van der Waals surface area contributed by atoms with Crippen LogP contribution in [0, 0.1) is 11.3 Å². The first-order chi connectivity index (χ1) is 6.49. The summed E-state index contributed by atoms with van der Waals surface area (Å²) in [6.45, 7) is 1.67. The minimum Gasteiger partial charge on any atom is -0.381 e. The van der Waals surface area contributed by atoms with Crippen molar-refractivity contribution in [1.82, 2.24) is 0 Å². The molecule has 1 heterocycles. The Morgan fingerprint density at radius 3 is 2.36 bits per heavy atom. The molecule has 1 spiro atoms. The summed E-state index contributed by atoms with van der Waals surface area (Å²) < 4.78 is 27.0. The maximum absolute atomic E-state index is 10.8. The molecule has 1 saturated heterocycles. The predicted molar refractivity (Wildman–Crippen MR) is 54.8 cm³/mol. The van der Waals surface area contributed by atoms with Gasteiger partial charge in [0.2, 0.25) is 9.05 Å². The van der Waals surface area contributed by atoms with Crippen LogP contribution >= 0.6 is 10.7 Å². The molecule has 0 aromatic rings. The van der Waals surface area contributed by atoms with Gasteiger partial charge in [0, 0.05) is 23.9 Å². The zero-order valence-electron chi connectivity index (χ0n) is 8.04. The van der Waals surface area contributed by atoms with Crippen molar-refractivity contribution in [2.75, 3.05) is 19.0 Å². The van der Waals surface area contributed by atoms with Crippen LogP contribution in [-0.4, -0.2) is 27.4 Å². The van der Waals surface area contributed by atoms with Gasteiger partial charge in [0.05, 0.1) is 5.75 Å². The number of halogens is 1. The first-order valence-corrected chi connectivity index (χ1v) is 7.47. The SMILES string of the molecule is O=S(=O)(Cl)CC1CC2(CCOCC2)C1. The van der Waals surface area contributed by atoms with Crippen LogP contribution in [0.15, 0.2) is 0 Å². The van der Waals surface area contributed by atoms with Crippen LogP contribution in [0.2, 0.25) is 0 Å². The Balaban J connectivity index is 1.83. The predicted octanol–water partition coefficient (Wildman–Crippen LogP) is 1.76. The van der Waals surface area contributed by atoms with Crippen molar-refractivity contribution < 1.29 is 13.2 Å². The summed E-state index contributed by atoms with van der Waals surface area (Å²) in [4.78, 5) is 0. The molecule has 2 fully saturated rings. The second kappa shape index (κ2) is 3.65. The Hall–Kier alpha value is 0.200. The summed E-state index contributed by atoms with van der Waals surface area (Å²) >= 11 is 0. The normalized spacial score (nSPS) is 27.5. The van der Waals surface area contributed by atoms with E-state index in [0.717, 1.165) is 38.9 Å². The molecule has 0 aromatic carbocycles. The molecule has 3 nitrogen and oxygen atoms in total. The van der Waals surface area contributed by atoms with E-state index < -0.39 is 9.05 Å². The van der Waals surface area contributed by atoms with Gasteiger partial charge in [-0.25, -0.2) is 8.42 Å². The average Bonchev–Trinajstić information content (AvgIpc) is 2.00. The molecule has 1 saturated carbocycles. The van der Waals surface area contributed by atoms with Gasteiger partial charge in [0.15, 0.2) is 0 Å². The van der Waals surface area contributed by atoms with Gasteiger partial charge in [-0.3, -0.25) is 0 Å². The Morgan fingerprint density at radius 1 is 1.29 bits per heavy atom. The van der Waals surface area contributed by atoms with Crippen molar-refractivity contribution in [2.24, 2.45) is 11.3 Å². The summed E-state index contributed by atoms with van der Waals surface area (Å²) in [5.41, 5.74) is 0.393. The third-order valence-corrected chi connectivity index (χ3v) is 4.68. The Bertz CT molecular complexity index is 298. The molecule has 0 unspecified atom stereocenters. The fraction of sp³-hybridized carbons (Fsp3) is 1.00. The summed E-state index contributed by atoms with van der Waals surface area (Å²) in [5, 5.41) is 0. The quantitative estimate of drug-likeness (QED) is 0.689. The number of hydrogen-bond acceptors (Lipinski definition) is 3. The standard InChI is InChI=1S/C9H15ClO3S/c10-14(11,12)7-8-5-9(6-8)1-3-13-4-2-9/h8H,1-7H2. The number of rotatable bonds is 2. The first kappa shape index (κ1) is 10.7. The molecule has 82 valence electrons. The van der Waals surface area contributed by atoms with Crippen molar-refractivity contribution in [3.05, 3.63) is 0 Å². The smallest absolute Gasteiger partial charge is 0.232 e. The van der Waals surface area contributed by atoms with Crippen LogP contribution in [0.1, 0.15) is 25.7 Å². The molecule has 0 atom stereocenters. The van der Waals surface area contributed by atoms with Crippen molar-refractivity contribution in [3.63, 3.8) is 0 Å². The highest BCUT2D eigenvalue weighted by Gasteiger charge is 2.45. The molecule has 0 bridgehead atoms. The fourth-order valence-corrected chi connectivity index (χ4v) is 4.11. The second-order valence-corrected chi connectivity index (χ2v) is 7.41. The van der Waals surface area contributed by atoms with E-state index in [4.69, 9.17) is 15.4 Å². The van der Waals surface area contributed by atoms with Crippen molar-refractivity contribution >= 4 is 19.7 Å². The maximum Gasteiger partial charge on any atom is 0.232 e. The van der Waals surface area contributed by atoms with E-state index in [2.05, 4.69) is 0 Å². The van der Waals surface area contributed by atoms with Gasteiger partial charge in [0.1, 0.15) is 0 Å². The van der Waals surface area contributed by atoms with Crippen LogP contribution in [0.5, 0.6) is 0 Å². The Morgan fingerprint density at radius 2 is 1.86 bits per heavy atom. The molecular weight excluding hydrogens is 224 g/mol. The Labute approximate surface area is 89.2 Å². The molecule has 5 heteroatoms. The lowest BCUT2D eigenvalue weighted by molar-refractivity contribution is -0.0530. The van der Waals surface area contributed by atoms with Gasteiger partial charge in [-0.15, -0.1) is 0 Å². The molecule has 2 rings (SSSR count). The maximum atomic E-state index is 10.8. The van der Waals surface area contributed by atoms with Crippen LogP contribution in [-0.2, 0) is 13.8 Å². The summed E-state index contributed by atoms with van der Waals surface area (Å²) in [6, 6.07) is 0. The minimum absolute atomic E-state index is 0.150. The van der Waals surface area contributed by atoms with Gasteiger partial charge >= 0.3 is 0 Å². The summed E-state index contributed by atoms with van der Waals surface area (Å²) in [5.74, 6) is 0.438. The van der Waals surface area contributed by atoms with Crippen LogP contribution in [0.25, 0.3) is 0 Å². The minimum atomic E-state index is -3.30. The van der Waals surface area contributed by atoms with E-state index in [-0.39, 0.29) is 11.7 Å². The largest absolute Gasteiger partial charge is 0.381 e. The zero-order chi connectivity index (χ0) is 10.2. The molecule has 1 aliphatic heterocycles. The van der Waals surface area contributed by atoms with E-state index in [1.54, 1.807) is 0 Å². The Kier molecular flexibility index (Phi) is 2.79. The molecule has 0 N–H and O–H groups in total. The molecule has 0 amide bonds. The molecule has 1 aliphatic carbocycles. The van der Waals surface area contributed by atoms with Gasteiger partial charge in [0.25, 0.3) is 0 Å². The summed E-state index contributed by atoms with van der Waals surface area (Å²) in [6.07, 6.45) is 4.21. The van der Waals surface area contributed by atoms with E-state index in [0.29, 0.717) is 5.41 Å². The third-order valence-electron chi connectivity index (χ3n) is 3.43. The molecule has 14 heavy (non-hydrogen) atoms. The highest BCUT2D eigenvalue weighted by Crippen LogP contribution is 2.52. The van der Waals surface area contributed by atoms with E-state index in [1.807, 2.05) is 0 Å². The highest BCUT2D eigenvalue weighted by atomic mass is 35.7. The van der Waals surface area contributed by atoms with Crippen molar-refractivity contribution in [3.8, 4) is 0 Å². The van der Waals surface area contributed by atoms with Crippen molar-refractivity contribution in [2.45, 2.75) is 25.7 Å². The monoisotopic (exact) mass is 238 g/mol. The molecular formula is C9H15ClO3S. The first-order valence-electron chi connectivity index (χ1n) is 4.99. The van der Waals surface area contributed by atoms with Gasteiger partial charge in [-0.05, 0) is 37.0 Å². The van der Waals surface area contributed by atoms with Gasteiger partial charge < -0.3 is 4.74 Å². The third kappa shape index (κ3) is 2.41. The van der Waals surface area contributed by atoms with Crippen LogP contribution in [0.4, 0.5) is 0 Å². The van der Waals surface area contributed by atoms with E-state index in [1.165, 1.54) is 0 Å². The van der Waals surface area contributed by atoms with Crippen molar-refractivity contribution in [1.29, 1.82) is 0 Å². The average molecular weight is 239 g/mol. The highest BCUT2D eigenvalue weighted by molar-refractivity contribution is 8.13. The number of ether oxygens (including phenoxy) is 1. The van der Waals surface area contributed by atoms with E-state index >= 15 is 0 Å². The zero-order valence-corrected chi connectivity index (χ0v) is 9.61. The topological polar surface area (TPSA) is 43.4 Å². The summed E-state index contributed by atoms with van der Waals surface area (Å²) in [7, 11) is 1.92. The number of hydrogen-bond donors (Lipinski definition) is 0. The second-order valence-electron chi connectivity index (χ2n) is 4.59. The van der Waals surface area contributed by atoms with Crippen LogP contribution < -0.4 is 0 Å². The van der Waals surface area contributed by atoms with Gasteiger partial charge in [-0.1, -0.05) is 0 Å².